The summed E-state index contributed by atoms with van der Waals surface area (Å²) < 4.78 is 0. The van der Waals surface area contributed by atoms with Crippen molar-refractivity contribution in [1.29, 1.82) is 0 Å². The van der Waals surface area contributed by atoms with E-state index in [2.05, 4.69) is 47.9 Å². The van der Waals surface area contributed by atoms with Crippen LogP contribution in [0.2, 0.25) is 0 Å². The minimum Gasteiger partial charge on any atom is -0.355 e. The van der Waals surface area contributed by atoms with Gasteiger partial charge in [0, 0.05) is 25.3 Å². The largest absolute Gasteiger partial charge is 0.355 e. The van der Waals surface area contributed by atoms with Crippen LogP contribution in [0.25, 0.3) is 0 Å². The van der Waals surface area contributed by atoms with Gasteiger partial charge in [0.2, 0.25) is 0 Å². The summed E-state index contributed by atoms with van der Waals surface area (Å²) in [6.45, 7) is 4.44. The predicted molar refractivity (Wildman–Crippen MR) is 72.5 cm³/mol. The Labute approximate surface area is 104 Å². The molecule has 3 nitrogen and oxygen atoms in total. The Bertz CT molecular complexity index is 345. The summed E-state index contributed by atoms with van der Waals surface area (Å²) in [5, 5.41) is 0. The summed E-state index contributed by atoms with van der Waals surface area (Å²) in [5.74, 6) is 1.13. The van der Waals surface area contributed by atoms with Crippen LogP contribution in [0.3, 0.4) is 0 Å². The van der Waals surface area contributed by atoms with Crippen LogP contribution in [0.4, 0.5) is 5.82 Å². The maximum absolute atomic E-state index is 4.58. The fourth-order valence-electron chi connectivity index (χ4n) is 2.41. The first kappa shape index (κ1) is 12.4. The highest BCUT2D eigenvalue weighted by atomic mass is 15.3. The van der Waals surface area contributed by atoms with Gasteiger partial charge in [-0.1, -0.05) is 19.4 Å². The molecule has 1 aliphatic rings. The summed E-state index contributed by atoms with van der Waals surface area (Å²) in [4.78, 5) is 9.28. The third-order valence-electron chi connectivity index (χ3n) is 3.57. The van der Waals surface area contributed by atoms with Gasteiger partial charge in [0.15, 0.2) is 0 Å². The predicted octanol–water partition coefficient (Wildman–Crippen LogP) is 2.17. The zero-order valence-corrected chi connectivity index (χ0v) is 11.2. The van der Waals surface area contributed by atoms with E-state index >= 15 is 0 Å². The third-order valence-corrected chi connectivity index (χ3v) is 3.57. The van der Waals surface area contributed by atoms with Crippen LogP contribution >= 0.6 is 0 Å². The number of aryl methyl sites for hydroxylation is 1. The number of hydrogen-bond donors (Lipinski definition) is 0. The van der Waals surface area contributed by atoms with E-state index < -0.39 is 0 Å². The molecule has 1 unspecified atom stereocenters. The fraction of sp³-hybridized carbons (Fsp3) is 0.643. The van der Waals surface area contributed by atoms with Crippen LogP contribution in [-0.4, -0.2) is 43.1 Å². The van der Waals surface area contributed by atoms with Gasteiger partial charge in [-0.15, -0.1) is 0 Å². The lowest BCUT2D eigenvalue weighted by Crippen LogP contribution is -2.31. The topological polar surface area (TPSA) is 19.4 Å². The number of hydrogen-bond acceptors (Lipinski definition) is 3. The standard InChI is InChI=1S/C14H23N3/c1-4-5-12-6-7-14(15-10-12)17-9-8-13(11-17)16(2)3/h6-7,10,13H,4-5,8-9,11H2,1-3H3. The summed E-state index contributed by atoms with van der Waals surface area (Å²) in [7, 11) is 4.32. The minimum absolute atomic E-state index is 0.673. The highest BCUT2D eigenvalue weighted by molar-refractivity contribution is 5.41. The SMILES string of the molecule is CCCc1ccc(N2CCC(N(C)C)C2)nc1. The van der Waals surface area contributed by atoms with Gasteiger partial charge in [-0.3, -0.25) is 0 Å². The second kappa shape index (κ2) is 5.50. The molecule has 17 heavy (non-hydrogen) atoms. The van der Waals surface area contributed by atoms with Gasteiger partial charge in [-0.25, -0.2) is 4.98 Å². The van der Waals surface area contributed by atoms with Crippen molar-refractivity contribution in [2.75, 3.05) is 32.1 Å². The zero-order valence-electron chi connectivity index (χ0n) is 11.2. The van der Waals surface area contributed by atoms with E-state index in [1.165, 1.54) is 18.4 Å². The molecular weight excluding hydrogens is 210 g/mol. The molecule has 1 aromatic heterocycles. The van der Waals surface area contributed by atoms with Gasteiger partial charge in [-0.05, 0) is 38.6 Å². The first-order valence-electron chi connectivity index (χ1n) is 6.57. The van der Waals surface area contributed by atoms with Crippen LogP contribution in [0.15, 0.2) is 18.3 Å². The van der Waals surface area contributed by atoms with Crippen molar-refractivity contribution < 1.29 is 0 Å². The quantitative estimate of drug-likeness (QED) is 0.794. The van der Waals surface area contributed by atoms with E-state index in [-0.39, 0.29) is 0 Å². The fourth-order valence-corrected chi connectivity index (χ4v) is 2.41. The van der Waals surface area contributed by atoms with Gasteiger partial charge in [-0.2, -0.15) is 0 Å². The Kier molecular flexibility index (Phi) is 4.00. The second-order valence-electron chi connectivity index (χ2n) is 5.13. The van der Waals surface area contributed by atoms with Crippen molar-refractivity contribution in [3.05, 3.63) is 23.9 Å². The second-order valence-corrected chi connectivity index (χ2v) is 5.13. The van der Waals surface area contributed by atoms with E-state index in [1.807, 2.05) is 6.20 Å². The van der Waals surface area contributed by atoms with E-state index in [1.54, 1.807) is 0 Å². The zero-order chi connectivity index (χ0) is 12.3. The van der Waals surface area contributed by atoms with Gasteiger partial charge < -0.3 is 9.80 Å². The van der Waals surface area contributed by atoms with Crippen molar-refractivity contribution in [2.24, 2.45) is 0 Å². The van der Waals surface area contributed by atoms with Crippen molar-refractivity contribution in [2.45, 2.75) is 32.2 Å². The molecule has 0 N–H and O–H groups in total. The Balaban J connectivity index is 1.99. The highest BCUT2D eigenvalue weighted by Gasteiger charge is 2.24. The molecule has 0 bridgehead atoms. The van der Waals surface area contributed by atoms with Crippen molar-refractivity contribution in [3.63, 3.8) is 0 Å². The lowest BCUT2D eigenvalue weighted by atomic mass is 10.2. The molecule has 1 saturated heterocycles. The van der Waals surface area contributed by atoms with E-state index in [4.69, 9.17) is 0 Å². The first-order chi connectivity index (χ1) is 8.20. The Morgan fingerprint density at radius 2 is 2.24 bits per heavy atom. The number of likely N-dealkylation sites (N-methyl/N-ethyl adjacent to an activating group) is 1. The molecular formula is C14H23N3. The first-order valence-corrected chi connectivity index (χ1v) is 6.57. The molecule has 0 aliphatic carbocycles. The van der Waals surface area contributed by atoms with Crippen molar-refractivity contribution in [3.8, 4) is 0 Å². The average Bonchev–Trinajstić information content (AvgIpc) is 2.80. The van der Waals surface area contributed by atoms with Gasteiger partial charge in [0.25, 0.3) is 0 Å². The maximum atomic E-state index is 4.58. The van der Waals surface area contributed by atoms with Gasteiger partial charge in [0.05, 0.1) is 0 Å². The number of aromatic nitrogens is 1. The molecule has 1 fully saturated rings. The molecule has 0 radical (unpaired) electrons. The molecule has 0 aromatic carbocycles. The third kappa shape index (κ3) is 2.97. The lowest BCUT2D eigenvalue weighted by molar-refractivity contribution is 0.315. The molecule has 3 heteroatoms. The van der Waals surface area contributed by atoms with E-state index in [0.29, 0.717) is 6.04 Å². The Morgan fingerprint density at radius 3 is 2.76 bits per heavy atom. The molecule has 1 atom stereocenters. The summed E-state index contributed by atoms with van der Waals surface area (Å²) in [5.41, 5.74) is 1.35. The smallest absolute Gasteiger partial charge is 0.128 e. The molecule has 1 aromatic rings. The molecule has 0 amide bonds. The Morgan fingerprint density at radius 1 is 1.41 bits per heavy atom. The number of rotatable bonds is 4. The minimum atomic E-state index is 0.673. The van der Waals surface area contributed by atoms with Crippen LogP contribution in [0, 0.1) is 0 Å². The van der Waals surface area contributed by atoms with Crippen LogP contribution in [0.5, 0.6) is 0 Å². The molecule has 94 valence electrons. The molecule has 2 heterocycles. The molecule has 1 aliphatic heterocycles. The Hall–Kier alpha value is -1.09. The lowest BCUT2D eigenvalue weighted by Gasteiger charge is -2.21. The normalized spacial score (nSPS) is 20.2. The monoisotopic (exact) mass is 233 g/mol. The van der Waals surface area contributed by atoms with Crippen molar-refractivity contribution in [1.82, 2.24) is 9.88 Å². The average molecular weight is 233 g/mol. The maximum Gasteiger partial charge on any atom is 0.128 e. The van der Waals surface area contributed by atoms with Crippen LogP contribution in [-0.2, 0) is 6.42 Å². The van der Waals surface area contributed by atoms with E-state index in [0.717, 1.165) is 25.3 Å². The van der Waals surface area contributed by atoms with Gasteiger partial charge >= 0.3 is 0 Å². The van der Waals surface area contributed by atoms with Gasteiger partial charge in [0.1, 0.15) is 5.82 Å². The van der Waals surface area contributed by atoms with E-state index in [9.17, 15) is 0 Å². The highest BCUT2D eigenvalue weighted by Crippen LogP contribution is 2.20. The summed E-state index contributed by atoms with van der Waals surface area (Å²) in [6.07, 6.45) is 5.59. The number of pyridine rings is 1. The van der Waals surface area contributed by atoms with Crippen molar-refractivity contribution >= 4 is 5.82 Å². The summed E-state index contributed by atoms with van der Waals surface area (Å²) >= 11 is 0. The summed E-state index contributed by atoms with van der Waals surface area (Å²) in [6, 6.07) is 5.06. The van der Waals surface area contributed by atoms with Crippen LogP contribution < -0.4 is 4.90 Å². The number of anilines is 1. The van der Waals surface area contributed by atoms with Crippen LogP contribution in [0.1, 0.15) is 25.3 Å². The molecule has 2 rings (SSSR count). The molecule has 0 spiro atoms. The molecule has 0 saturated carbocycles. The number of nitrogens with zero attached hydrogens (tertiary/aromatic N) is 3.